The zero-order valence-electron chi connectivity index (χ0n) is 32.8. The van der Waals surface area contributed by atoms with Crippen LogP contribution in [0.5, 0.6) is 0 Å². The van der Waals surface area contributed by atoms with Crippen molar-refractivity contribution in [3.8, 4) is 0 Å². The molecule has 0 saturated heterocycles. The van der Waals surface area contributed by atoms with E-state index in [4.69, 9.17) is 11.5 Å². The molecule has 0 aliphatic rings. The van der Waals surface area contributed by atoms with Crippen LogP contribution in [-0.4, -0.2) is 99.3 Å². The number of nitrogens with two attached hydrogens (primary N) is 2. The lowest BCUT2D eigenvalue weighted by Gasteiger charge is -2.32. The first kappa shape index (κ1) is 43.3. The van der Waals surface area contributed by atoms with Crippen LogP contribution in [0.25, 0.3) is 0 Å². The third-order valence-electron chi connectivity index (χ3n) is 9.29. The number of hydrogen-bond donors (Lipinski definition) is 4. The Morgan fingerprint density at radius 1 is 0.706 bits per heavy atom. The standard InChI is InChI=1S/C37H64N10O4/c1-11-43(12-2)19-21-45(17-15-38)33-29(23-27(36(5,6)7)25-31(33)42-49)40-35(48)41-30-24-28(37(8,9)10)26-32(47(50)51)34(30)46(18-16-39)22-20-44(13-3)14-4/h23-26H,11-22,38-39H2,1-10H3,(H2,40,41,48). The number of likely N-dealkylation sites (N-methyl/N-ethyl adjacent to an activating group) is 2. The Hall–Kier alpha value is -3.85. The second kappa shape index (κ2) is 19.7. The van der Waals surface area contributed by atoms with Gasteiger partial charge in [0.2, 0.25) is 0 Å². The molecule has 6 N–H and O–H groups in total. The number of benzene rings is 2. The third-order valence-corrected chi connectivity index (χ3v) is 9.29. The van der Waals surface area contributed by atoms with Crippen LogP contribution < -0.4 is 31.9 Å². The van der Waals surface area contributed by atoms with E-state index in [9.17, 15) is 19.8 Å². The molecule has 0 heterocycles. The molecule has 2 amide bonds. The van der Waals surface area contributed by atoms with Crippen LogP contribution in [0.1, 0.15) is 80.4 Å². The van der Waals surface area contributed by atoms with Crippen LogP contribution in [0.2, 0.25) is 0 Å². The van der Waals surface area contributed by atoms with Gasteiger partial charge in [0.15, 0.2) is 0 Å². The summed E-state index contributed by atoms with van der Waals surface area (Å²) in [4.78, 5) is 47.2. The smallest absolute Gasteiger partial charge is 0.323 e. The Kier molecular flexibility index (Phi) is 16.7. The van der Waals surface area contributed by atoms with Gasteiger partial charge in [0.1, 0.15) is 11.4 Å². The largest absolute Gasteiger partial charge is 0.365 e. The fraction of sp³-hybridized carbons (Fsp3) is 0.649. The number of nitrogens with one attached hydrogen (secondary N) is 2. The second-order valence-corrected chi connectivity index (χ2v) is 14.8. The molecular formula is C37H64N10O4. The summed E-state index contributed by atoms with van der Waals surface area (Å²) in [6.07, 6.45) is 0. The van der Waals surface area contributed by atoms with Crippen molar-refractivity contribution < 1.29 is 9.72 Å². The van der Waals surface area contributed by atoms with E-state index in [1.165, 1.54) is 0 Å². The molecule has 2 rings (SSSR count). The van der Waals surface area contributed by atoms with E-state index >= 15 is 0 Å². The molecule has 0 fully saturated rings. The Morgan fingerprint density at radius 2 is 1.12 bits per heavy atom. The minimum absolute atomic E-state index is 0.112. The molecule has 0 unspecified atom stereocenters. The summed E-state index contributed by atoms with van der Waals surface area (Å²) in [6, 6.07) is 6.41. The van der Waals surface area contributed by atoms with E-state index in [1.54, 1.807) is 18.2 Å². The number of nitroso groups, excluding NO2 is 1. The maximum Gasteiger partial charge on any atom is 0.323 e. The van der Waals surface area contributed by atoms with E-state index < -0.39 is 16.4 Å². The van der Waals surface area contributed by atoms with Crippen LogP contribution in [0, 0.1) is 15.0 Å². The molecule has 2 aromatic rings. The highest BCUT2D eigenvalue weighted by atomic mass is 16.6. The molecule has 14 heteroatoms. The molecular weight excluding hydrogens is 648 g/mol. The van der Waals surface area contributed by atoms with Crippen LogP contribution in [0.4, 0.5) is 38.9 Å². The van der Waals surface area contributed by atoms with Gasteiger partial charge >= 0.3 is 6.03 Å². The van der Waals surface area contributed by atoms with Gasteiger partial charge in [-0.3, -0.25) is 10.1 Å². The molecule has 0 saturated carbocycles. The van der Waals surface area contributed by atoms with Crippen molar-refractivity contribution in [2.45, 2.75) is 80.1 Å². The van der Waals surface area contributed by atoms with Gasteiger partial charge in [-0.05, 0) is 71.5 Å². The number of nitrogens with zero attached hydrogens (tertiary/aromatic N) is 6. The molecule has 286 valence electrons. The van der Waals surface area contributed by atoms with Gasteiger partial charge in [0.05, 0.1) is 22.0 Å². The Balaban J connectivity index is 2.79. The van der Waals surface area contributed by atoms with E-state index in [1.807, 2.05) is 57.4 Å². The van der Waals surface area contributed by atoms with Crippen molar-refractivity contribution in [1.29, 1.82) is 0 Å². The maximum absolute atomic E-state index is 14.2. The lowest BCUT2D eigenvalue weighted by Crippen LogP contribution is -2.39. The highest BCUT2D eigenvalue weighted by Crippen LogP contribution is 2.43. The van der Waals surface area contributed by atoms with E-state index in [2.05, 4.69) is 53.3 Å². The quantitative estimate of drug-likeness (QED) is 0.0678. The molecule has 14 nitrogen and oxygen atoms in total. The summed E-state index contributed by atoms with van der Waals surface area (Å²) in [5.41, 5.74) is 14.3. The van der Waals surface area contributed by atoms with Crippen LogP contribution in [-0.2, 0) is 10.8 Å². The molecule has 2 aromatic carbocycles. The molecule has 0 aliphatic heterocycles. The monoisotopic (exact) mass is 713 g/mol. The third kappa shape index (κ3) is 12.1. The number of urea groups is 1. The van der Waals surface area contributed by atoms with E-state index in [0.29, 0.717) is 67.6 Å². The van der Waals surface area contributed by atoms with Gasteiger partial charge < -0.3 is 41.7 Å². The fourth-order valence-electron chi connectivity index (χ4n) is 6.03. The first-order valence-corrected chi connectivity index (χ1v) is 18.3. The minimum Gasteiger partial charge on any atom is -0.365 e. The summed E-state index contributed by atoms with van der Waals surface area (Å²) in [5, 5.41) is 22.1. The lowest BCUT2D eigenvalue weighted by molar-refractivity contribution is -0.384. The summed E-state index contributed by atoms with van der Waals surface area (Å²) in [6.45, 7) is 27.4. The summed E-state index contributed by atoms with van der Waals surface area (Å²) in [7, 11) is 0. The van der Waals surface area contributed by atoms with Crippen molar-refractivity contribution in [1.82, 2.24) is 9.80 Å². The van der Waals surface area contributed by atoms with Crippen LogP contribution in [0.15, 0.2) is 29.4 Å². The van der Waals surface area contributed by atoms with Crippen LogP contribution in [0.3, 0.4) is 0 Å². The molecule has 0 atom stereocenters. The summed E-state index contributed by atoms with van der Waals surface area (Å²) < 4.78 is 0. The number of amides is 2. The Bertz CT molecular complexity index is 1450. The highest BCUT2D eigenvalue weighted by molar-refractivity contribution is 6.05. The molecule has 0 aliphatic carbocycles. The van der Waals surface area contributed by atoms with Crippen molar-refractivity contribution in [2.75, 3.05) is 99.0 Å². The minimum atomic E-state index is -0.617. The van der Waals surface area contributed by atoms with Crippen LogP contribution >= 0.6 is 0 Å². The van der Waals surface area contributed by atoms with E-state index in [-0.39, 0.29) is 23.3 Å². The van der Waals surface area contributed by atoms with Crippen molar-refractivity contribution >= 4 is 40.2 Å². The first-order valence-electron chi connectivity index (χ1n) is 18.3. The van der Waals surface area contributed by atoms with Crippen molar-refractivity contribution in [3.05, 3.63) is 50.4 Å². The summed E-state index contributed by atoms with van der Waals surface area (Å²) >= 11 is 0. The number of anilines is 4. The molecule has 51 heavy (non-hydrogen) atoms. The number of hydrogen-bond acceptors (Lipinski definition) is 11. The topological polar surface area (TPSA) is 179 Å². The number of nitro benzene ring substituents is 1. The van der Waals surface area contributed by atoms with Crippen molar-refractivity contribution in [2.24, 2.45) is 16.6 Å². The zero-order chi connectivity index (χ0) is 38.5. The number of carbonyl (C=O) groups is 1. The maximum atomic E-state index is 14.2. The highest BCUT2D eigenvalue weighted by Gasteiger charge is 2.30. The normalized spacial score (nSPS) is 12.0. The fourth-order valence-corrected chi connectivity index (χ4v) is 6.03. The zero-order valence-corrected chi connectivity index (χ0v) is 32.8. The molecule has 0 bridgehead atoms. The lowest BCUT2D eigenvalue weighted by atomic mass is 9.86. The molecule has 0 spiro atoms. The second-order valence-electron chi connectivity index (χ2n) is 14.8. The predicted octanol–water partition coefficient (Wildman–Crippen LogP) is 6.45. The van der Waals surface area contributed by atoms with Gasteiger partial charge in [-0.15, -0.1) is 4.91 Å². The van der Waals surface area contributed by atoms with Gasteiger partial charge in [0.25, 0.3) is 5.69 Å². The summed E-state index contributed by atoms with van der Waals surface area (Å²) in [5.74, 6) is 0. The Labute approximate surface area is 305 Å². The van der Waals surface area contributed by atoms with Gasteiger partial charge in [-0.2, -0.15) is 0 Å². The predicted molar refractivity (Wildman–Crippen MR) is 213 cm³/mol. The SMILES string of the molecule is CCN(CC)CCN(CCN)c1c(N=O)cc(C(C)(C)C)cc1NC(=O)Nc1cc(C(C)(C)C)cc([N+](=O)[O-])c1N(CCN)CCN(CC)CC. The van der Waals surface area contributed by atoms with Gasteiger partial charge in [-0.25, -0.2) is 4.79 Å². The Morgan fingerprint density at radius 3 is 1.49 bits per heavy atom. The van der Waals surface area contributed by atoms with E-state index in [0.717, 1.165) is 38.3 Å². The number of carbonyl (C=O) groups excluding carboxylic acids is 1. The van der Waals surface area contributed by atoms with Gasteiger partial charge in [-0.1, -0.05) is 69.2 Å². The average Bonchev–Trinajstić information content (AvgIpc) is 3.06. The molecule has 0 radical (unpaired) electrons. The number of rotatable bonds is 20. The molecule has 0 aromatic heterocycles. The first-order chi connectivity index (χ1) is 24.0. The van der Waals surface area contributed by atoms with Crippen molar-refractivity contribution in [3.63, 3.8) is 0 Å². The number of nitro groups is 1. The average molecular weight is 713 g/mol. The van der Waals surface area contributed by atoms with Gasteiger partial charge in [0, 0.05) is 58.4 Å².